The van der Waals surface area contributed by atoms with Gasteiger partial charge in [0.05, 0.1) is 11.3 Å². The van der Waals surface area contributed by atoms with Crippen LogP contribution in [0.2, 0.25) is 0 Å². The highest BCUT2D eigenvalue weighted by Gasteiger charge is 2.23. The summed E-state index contributed by atoms with van der Waals surface area (Å²) in [5, 5.41) is 0. The summed E-state index contributed by atoms with van der Waals surface area (Å²) in [4.78, 5) is 18.0. The van der Waals surface area contributed by atoms with E-state index >= 15 is 0 Å². The van der Waals surface area contributed by atoms with Crippen molar-refractivity contribution in [3.05, 3.63) is 71.3 Å². The molecule has 3 aromatic rings. The second kappa shape index (κ2) is 9.48. The van der Waals surface area contributed by atoms with Crippen molar-refractivity contribution in [2.24, 2.45) is 5.73 Å². The van der Waals surface area contributed by atoms with Gasteiger partial charge in [-0.2, -0.15) is 0 Å². The number of nitrogens with two attached hydrogens (primary N) is 1. The zero-order valence-electron chi connectivity index (χ0n) is 19.2. The number of carbonyl (C=O) groups is 1. The van der Waals surface area contributed by atoms with Crippen molar-refractivity contribution in [1.82, 2.24) is 9.55 Å². The molecule has 0 aliphatic rings. The van der Waals surface area contributed by atoms with Crippen LogP contribution in [0.15, 0.2) is 48.5 Å². The van der Waals surface area contributed by atoms with Gasteiger partial charge in [-0.1, -0.05) is 43.3 Å². The topological polar surface area (TPSA) is 70.1 Å². The van der Waals surface area contributed by atoms with Crippen LogP contribution in [-0.2, 0) is 17.6 Å². The Balaban J connectivity index is 2.18. The highest BCUT2D eigenvalue weighted by Crippen LogP contribution is 2.29. The molecule has 0 radical (unpaired) electrons. The molecule has 0 unspecified atom stereocenters. The maximum Gasteiger partial charge on any atom is 0.339 e. The van der Waals surface area contributed by atoms with Crippen molar-refractivity contribution in [2.75, 3.05) is 6.54 Å². The van der Waals surface area contributed by atoms with Gasteiger partial charge in [0.2, 0.25) is 0 Å². The summed E-state index contributed by atoms with van der Waals surface area (Å²) in [7, 11) is 0. The van der Waals surface area contributed by atoms with E-state index in [-0.39, 0.29) is 5.97 Å². The van der Waals surface area contributed by atoms with E-state index in [1.165, 1.54) is 0 Å². The van der Waals surface area contributed by atoms with E-state index < -0.39 is 5.60 Å². The van der Waals surface area contributed by atoms with E-state index in [0.717, 1.165) is 53.3 Å². The lowest BCUT2D eigenvalue weighted by Gasteiger charge is -2.21. The predicted molar refractivity (Wildman–Crippen MR) is 126 cm³/mol. The first kappa shape index (κ1) is 22.8. The molecule has 5 nitrogen and oxygen atoms in total. The number of hydrogen-bond acceptors (Lipinski definition) is 4. The van der Waals surface area contributed by atoms with Gasteiger partial charge in [-0.05, 0) is 63.9 Å². The minimum absolute atomic E-state index is 0.329. The molecule has 0 saturated heterocycles. The standard InChI is InChI=1S/C26H33N3O2/c1-6-10-24-28-23(15-16-27)18(2)29(24)20-13-14-21(19-11-8-7-9-12-19)22(17-20)25(30)31-26(3,4)5/h7-9,11-14,17H,6,10,15-16,27H2,1-5H3. The molecule has 2 aromatic carbocycles. The first-order valence-corrected chi connectivity index (χ1v) is 11.0. The Bertz CT molecular complexity index is 1050. The van der Waals surface area contributed by atoms with Crippen molar-refractivity contribution >= 4 is 5.97 Å². The Kier molecular flexibility index (Phi) is 6.96. The lowest BCUT2D eigenvalue weighted by molar-refractivity contribution is 0.00704. The molecule has 2 N–H and O–H groups in total. The molecule has 0 atom stereocenters. The molecule has 0 aliphatic carbocycles. The van der Waals surface area contributed by atoms with Gasteiger partial charge in [0.15, 0.2) is 0 Å². The average molecular weight is 420 g/mol. The Hall–Kier alpha value is -2.92. The maximum atomic E-state index is 13.2. The first-order valence-electron chi connectivity index (χ1n) is 11.0. The number of aromatic nitrogens is 2. The smallest absolute Gasteiger partial charge is 0.339 e. The fraction of sp³-hybridized carbons (Fsp3) is 0.385. The van der Waals surface area contributed by atoms with Crippen LogP contribution in [0.5, 0.6) is 0 Å². The minimum atomic E-state index is -0.576. The number of ether oxygens (including phenoxy) is 1. The quantitative estimate of drug-likeness (QED) is 0.531. The van der Waals surface area contributed by atoms with Crippen LogP contribution in [0.4, 0.5) is 0 Å². The summed E-state index contributed by atoms with van der Waals surface area (Å²) in [5.41, 5.74) is 10.6. The summed E-state index contributed by atoms with van der Waals surface area (Å²) >= 11 is 0. The molecule has 0 bridgehead atoms. The molecule has 5 heteroatoms. The summed E-state index contributed by atoms with van der Waals surface area (Å²) in [6, 6.07) is 15.9. The summed E-state index contributed by atoms with van der Waals surface area (Å²) < 4.78 is 7.90. The molecule has 0 saturated carbocycles. The zero-order chi connectivity index (χ0) is 22.6. The SMILES string of the molecule is CCCc1nc(CCN)c(C)n1-c1ccc(-c2ccccc2)c(C(=O)OC(C)(C)C)c1. The average Bonchev–Trinajstić information content (AvgIpc) is 3.02. The molecular weight excluding hydrogens is 386 g/mol. The van der Waals surface area contributed by atoms with Crippen LogP contribution in [0.1, 0.15) is 61.7 Å². The van der Waals surface area contributed by atoms with Crippen LogP contribution in [0.3, 0.4) is 0 Å². The van der Waals surface area contributed by atoms with Gasteiger partial charge in [0, 0.05) is 24.2 Å². The normalized spacial score (nSPS) is 11.5. The van der Waals surface area contributed by atoms with Crippen molar-refractivity contribution < 1.29 is 9.53 Å². The molecule has 0 aliphatic heterocycles. The van der Waals surface area contributed by atoms with Crippen LogP contribution < -0.4 is 5.73 Å². The number of benzene rings is 2. The number of rotatable bonds is 7. The van der Waals surface area contributed by atoms with Gasteiger partial charge in [-0.15, -0.1) is 0 Å². The van der Waals surface area contributed by atoms with E-state index in [1.807, 2.05) is 63.2 Å². The van der Waals surface area contributed by atoms with E-state index in [4.69, 9.17) is 15.5 Å². The molecule has 31 heavy (non-hydrogen) atoms. The third kappa shape index (κ3) is 5.23. The molecule has 1 aromatic heterocycles. The predicted octanol–water partition coefficient (Wildman–Crippen LogP) is 5.26. The lowest BCUT2D eigenvalue weighted by Crippen LogP contribution is -2.24. The molecule has 0 amide bonds. The molecule has 3 rings (SSSR count). The van der Waals surface area contributed by atoms with Gasteiger partial charge in [-0.3, -0.25) is 0 Å². The van der Waals surface area contributed by atoms with E-state index in [9.17, 15) is 4.79 Å². The van der Waals surface area contributed by atoms with Gasteiger partial charge in [0.1, 0.15) is 11.4 Å². The monoisotopic (exact) mass is 419 g/mol. The van der Waals surface area contributed by atoms with E-state index in [0.29, 0.717) is 12.1 Å². The number of carbonyl (C=O) groups excluding carboxylic acids is 1. The fourth-order valence-electron chi connectivity index (χ4n) is 3.76. The second-order valence-corrected chi connectivity index (χ2v) is 8.78. The van der Waals surface area contributed by atoms with Crippen LogP contribution in [0.25, 0.3) is 16.8 Å². The Morgan fingerprint density at radius 3 is 2.42 bits per heavy atom. The fourth-order valence-corrected chi connectivity index (χ4v) is 3.76. The number of imidazole rings is 1. The van der Waals surface area contributed by atoms with Crippen molar-refractivity contribution in [2.45, 2.75) is 59.5 Å². The van der Waals surface area contributed by atoms with E-state index in [1.54, 1.807) is 0 Å². The summed E-state index contributed by atoms with van der Waals surface area (Å²) in [5.74, 6) is 0.663. The van der Waals surface area contributed by atoms with Crippen molar-refractivity contribution in [1.29, 1.82) is 0 Å². The largest absolute Gasteiger partial charge is 0.456 e. The van der Waals surface area contributed by atoms with Crippen LogP contribution in [0, 0.1) is 6.92 Å². The molecule has 0 fully saturated rings. The van der Waals surface area contributed by atoms with Gasteiger partial charge >= 0.3 is 5.97 Å². The molecule has 1 heterocycles. The number of aryl methyl sites for hydroxylation is 1. The maximum absolute atomic E-state index is 13.2. The molecule has 164 valence electrons. The molecule has 0 spiro atoms. The van der Waals surface area contributed by atoms with Crippen LogP contribution in [-0.4, -0.2) is 27.7 Å². The third-order valence-corrected chi connectivity index (χ3v) is 5.09. The summed E-state index contributed by atoms with van der Waals surface area (Å²) in [6.45, 7) is 10.4. The first-order chi connectivity index (χ1) is 14.7. The van der Waals surface area contributed by atoms with Gasteiger partial charge < -0.3 is 15.0 Å². The Morgan fingerprint density at radius 2 is 1.81 bits per heavy atom. The summed E-state index contributed by atoms with van der Waals surface area (Å²) in [6.07, 6.45) is 2.57. The molecular formula is C26H33N3O2. The van der Waals surface area contributed by atoms with E-state index in [2.05, 4.69) is 24.5 Å². The Morgan fingerprint density at radius 1 is 1.10 bits per heavy atom. The Labute approximate surface area is 185 Å². The number of hydrogen-bond donors (Lipinski definition) is 1. The highest BCUT2D eigenvalue weighted by atomic mass is 16.6. The third-order valence-electron chi connectivity index (χ3n) is 5.09. The van der Waals surface area contributed by atoms with Gasteiger partial charge in [0.25, 0.3) is 0 Å². The van der Waals surface area contributed by atoms with Gasteiger partial charge in [-0.25, -0.2) is 9.78 Å². The lowest BCUT2D eigenvalue weighted by atomic mass is 9.98. The van der Waals surface area contributed by atoms with Crippen molar-refractivity contribution in [3.8, 4) is 16.8 Å². The minimum Gasteiger partial charge on any atom is -0.456 e. The zero-order valence-corrected chi connectivity index (χ0v) is 19.2. The second-order valence-electron chi connectivity index (χ2n) is 8.78. The highest BCUT2D eigenvalue weighted by molar-refractivity contribution is 5.98. The van der Waals surface area contributed by atoms with Crippen LogP contribution >= 0.6 is 0 Å². The van der Waals surface area contributed by atoms with Crippen molar-refractivity contribution in [3.63, 3.8) is 0 Å². The number of esters is 1. The number of nitrogens with zero attached hydrogens (tertiary/aromatic N) is 2.